The second kappa shape index (κ2) is 3.28. The molecule has 1 rings (SSSR count). The SMILES string of the molecule is Cl.N[C@@H]1CCCC1O. The fourth-order valence-electron chi connectivity index (χ4n) is 0.969. The van der Waals surface area contributed by atoms with Crippen LogP contribution in [0.15, 0.2) is 0 Å². The van der Waals surface area contributed by atoms with Gasteiger partial charge in [0.15, 0.2) is 0 Å². The lowest BCUT2D eigenvalue weighted by Crippen LogP contribution is -2.28. The highest BCUT2D eigenvalue weighted by Gasteiger charge is 2.20. The number of hydrogen-bond donors (Lipinski definition) is 2. The first-order valence-electron chi connectivity index (χ1n) is 2.74. The molecule has 0 bridgehead atoms. The van der Waals surface area contributed by atoms with Crippen LogP contribution in [0.1, 0.15) is 19.3 Å². The highest BCUT2D eigenvalue weighted by molar-refractivity contribution is 5.85. The maximum absolute atomic E-state index is 8.87. The summed E-state index contributed by atoms with van der Waals surface area (Å²) in [5.41, 5.74) is 5.43. The smallest absolute Gasteiger partial charge is 0.0691 e. The molecule has 1 saturated carbocycles. The fraction of sp³-hybridized carbons (Fsp3) is 1.00. The second-order valence-corrected chi connectivity index (χ2v) is 2.16. The van der Waals surface area contributed by atoms with Gasteiger partial charge in [0, 0.05) is 6.04 Å². The van der Waals surface area contributed by atoms with Crippen LogP contribution in [0.25, 0.3) is 0 Å². The van der Waals surface area contributed by atoms with Gasteiger partial charge in [0.1, 0.15) is 0 Å². The predicted molar refractivity (Wildman–Crippen MR) is 35.1 cm³/mol. The molecule has 1 aliphatic carbocycles. The van der Waals surface area contributed by atoms with Crippen molar-refractivity contribution in [2.45, 2.75) is 31.4 Å². The van der Waals surface area contributed by atoms with Crippen LogP contribution in [0, 0.1) is 0 Å². The Bertz CT molecular complexity index is 61.4. The third kappa shape index (κ3) is 1.62. The maximum Gasteiger partial charge on any atom is 0.0691 e. The van der Waals surface area contributed by atoms with Gasteiger partial charge in [-0.1, -0.05) is 0 Å². The Morgan fingerprint density at radius 2 is 2.00 bits per heavy atom. The molecule has 0 heterocycles. The van der Waals surface area contributed by atoms with E-state index in [2.05, 4.69) is 0 Å². The van der Waals surface area contributed by atoms with Gasteiger partial charge in [0.25, 0.3) is 0 Å². The van der Waals surface area contributed by atoms with Crippen molar-refractivity contribution in [3.05, 3.63) is 0 Å². The molecular weight excluding hydrogens is 126 g/mol. The van der Waals surface area contributed by atoms with E-state index >= 15 is 0 Å². The molecule has 50 valence electrons. The Kier molecular flexibility index (Phi) is 3.36. The van der Waals surface area contributed by atoms with Gasteiger partial charge in [-0.05, 0) is 19.3 Å². The van der Waals surface area contributed by atoms with E-state index in [-0.39, 0.29) is 24.6 Å². The van der Waals surface area contributed by atoms with E-state index in [1.807, 2.05) is 0 Å². The lowest BCUT2D eigenvalue weighted by atomic mass is 10.2. The van der Waals surface area contributed by atoms with Crippen LogP contribution in [0.4, 0.5) is 0 Å². The van der Waals surface area contributed by atoms with Crippen LogP contribution < -0.4 is 5.73 Å². The number of halogens is 1. The average Bonchev–Trinajstić information content (AvgIpc) is 1.91. The monoisotopic (exact) mass is 137 g/mol. The summed E-state index contributed by atoms with van der Waals surface area (Å²) in [7, 11) is 0. The minimum atomic E-state index is -0.208. The molecule has 0 aromatic heterocycles. The van der Waals surface area contributed by atoms with Gasteiger partial charge in [-0.2, -0.15) is 0 Å². The molecule has 3 N–H and O–H groups in total. The lowest BCUT2D eigenvalue weighted by molar-refractivity contribution is 0.165. The molecule has 8 heavy (non-hydrogen) atoms. The standard InChI is InChI=1S/C5H11NO.ClH/c6-4-2-1-3-5(4)7;/h4-5,7H,1-3,6H2;1H/t4-,5?;/m1./s1. The molecule has 0 aromatic carbocycles. The normalized spacial score (nSPS) is 36.8. The number of aliphatic hydroxyl groups is 1. The van der Waals surface area contributed by atoms with E-state index < -0.39 is 0 Å². The fourth-order valence-corrected chi connectivity index (χ4v) is 0.969. The molecule has 1 unspecified atom stereocenters. The third-order valence-corrected chi connectivity index (χ3v) is 1.53. The van der Waals surface area contributed by atoms with Gasteiger partial charge in [-0.25, -0.2) is 0 Å². The Morgan fingerprint density at radius 1 is 1.38 bits per heavy atom. The molecule has 1 aliphatic rings. The van der Waals surface area contributed by atoms with E-state index in [0.29, 0.717) is 0 Å². The van der Waals surface area contributed by atoms with Crippen molar-refractivity contribution in [1.29, 1.82) is 0 Å². The van der Waals surface area contributed by atoms with Crippen LogP contribution in [0.5, 0.6) is 0 Å². The van der Waals surface area contributed by atoms with Gasteiger partial charge in [0.05, 0.1) is 6.10 Å². The van der Waals surface area contributed by atoms with Crippen molar-refractivity contribution in [3.8, 4) is 0 Å². The van der Waals surface area contributed by atoms with E-state index in [9.17, 15) is 0 Å². The van der Waals surface area contributed by atoms with Crippen molar-refractivity contribution in [3.63, 3.8) is 0 Å². The first kappa shape index (κ1) is 8.21. The second-order valence-electron chi connectivity index (χ2n) is 2.16. The first-order valence-corrected chi connectivity index (χ1v) is 2.74. The molecule has 0 radical (unpaired) electrons. The summed E-state index contributed by atoms with van der Waals surface area (Å²) >= 11 is 0. The minimum absolute atomic E-state index is 0. The molecule has 0 aliphatic heterocycles. The van der Waals surface area contributed by atoms with Crippen molar-refractivity contribution in [2.75, 3.05) is 0 Å². The lowest BCUT2D eigenvalue weighted by Gasteiger charge is -2.04. The van der Waals surface area contributed by atoms with Gasteiger partial charge in [-0.3, -0.25) is 0 Å². The zero-order valence-electron chi connectivity index (χ0n) is 4.71. The van der Waals surface area contributed by atoms with Crippen molar-refractivity contribution in [1.82, 2.24) is 0 Å². The van der Waals surface area contributed by atoms with Crippen LogP contribution >= 0.6 is 12.4 Å². The molecule has 0 amide bonds. The van der Waals surface area contributed by atoms with E-state index in [0.717, 1.165) is 19.3 Å². The number of nitrogens with two attached hydrogens (primary N) is 1. The molecule has 2 atom stereocenters. The predicted octanol–water partition coefficient (Wildman–Crippen LogP) is 0.280. The Hall–Kier alpha value is 0.210. The third-order valence-electron chi connectivity index (χ3n) is 1.53. The summed E-state index contributed by atoms with van der Waals surface area (Å²) in [5.74, 6) is 0. The van der Waals surface area contributed by atoms with Gasteiger partial charge in [0.2, 0.25) is 0 Å². The molecule has 0 aromatic rings. The molecule has 2 nitrogen and oxygen atoms in total. The number of rotatable bonds is 0. The Labute approximate surface area is 55.5 Å². The summed E-state index contributed by atoms with van der Waals surface area (Å²) < 4.78 is 0. The van der Waals surface area contributed by atoms with Crippen LogP contribution in [-0.4, -0.2) is 17.3 Å². The highest BCUT2D eigenvalue weighted by Crippen LogP contribution is 2.15. The van der Waals surface area contributed by atoms with Crippen LogP contribution in [0.2, 0.25) is 0 Å². The quantitative estimate of drug-likeness (QED) is 0.504. The molecular formula is C5H12ClNO. The number of aliphatic hydroxyl groups excluding tert-OH is 1. The Morgan fingerprint density at radius 3 is 2.12 bits per heavy atom. The summed E-state index contributed by atoms with van der Waals surface area (Å²) in [5, 5.41) is 8.87. The number of hydrogen-bond acceptors (Lipinski definition) is 2. The molecule has 0 spiro atoms. The molecule has 1 fully saturated rings. The summed E-state index contributed by atoms with van der Waals surface area (Å²) in [6, 6.07) is 0.0694. The minimum Gasteiger partial charge on any atom is -0.392 e. The topological polar surface area (TPSA) is 46.2 Å². The Balaban J connectivity index is 0.000000490. The molecule has 0 saturated heterocycles. The largest absolute Gasteiger partial charge is 0.392 e. The maximum atomic E-state index is 8.87. The van der Waals surface area contributed by atoms with Crippen molar-refractivity contribution in [2.24, 2.45) is 5.73 Å². The van der Waals surface area contributed by atoms with Gasteiger partial charge in [-0.15, -0.1) is 12.4 Å². The zero-order chi connectivity index (χ0) is 5.28. The van der Waals surface area contributed by atoms with Crippen LogP contribution in [-0.2, 0) is 0 Å². The van der Waals surface area contributed by atoms with Crippen molar-refractivity contribution < 1.29 is 5.11 Å². The average molecular weight is 138 g/mol. The summed E-state index contributed by atoms with van der Waals surface area (Å²) in [6.07, 6.45) is 2.80. The highest BCUT2D eigenvalue weighted by atomic mass is 35.5. The van der Waals surface area contributed by atoms with E-state index in [4.69, 9.17) is 10.8 Å². The zero-order valence-corrected chi connectivity index (χ0v) is 5.53. The molecule has 3 heteroatoms. The summed E-state index contributed by atoms with van der Waals surface area (Å²) in [6.45, 7) is 0. The van der Waals surface area contributed by atoms with Crippen molar-refractivity contribution >= 4 is 12.4 Å². The van der Waals surface area contributed by atoms with E-state index in [1.54, 1.807) is 0 Å². The summed E-state index contributed by atoms with van der Waals surface area (Å²) in [4.78, 5) is 0. The van der Waals surface area contributed by atoms with Gasteiger partial charge >= 0.3 is 0 Å². The van der Waals surface area contributed by atoms with E-state index in [1.165, 1.54) is 0 Å². The van der Waals surface area contributed by atoms with Crippen LogP contribution in [0.3, 0.4) is 0 Å². The van der Waals surface area contributed by atoms with Gasteiger partial charge < -0.3 is 10.8 Å². The first-order chi connectivity index (χ1) is 3.30.